The van der Waals surface area contributed by atoms with Crippen molar-refractivity contribution < 1.29 is 4.39 Å². The molecule has 0 radical (unpaired) electrons. The van der Waals surface area contributed by atoms with Crippen molar-refractivity contribution in [2.24, 2.45) is 4.99 Å². The van der Waals surface area contributed by atoms with E-state index in [9.17, 15) is 4.39 Å². The fourth-order valence-electron chi connectivity index (χ4n) is 3.65. The van der Waals surface area contributed by atoms with E-state index in [1.807, 2.05) is 4.90 Å². The topological polar surface area (TPSA) is 52.6 Å². The second-order valence-electron chi connectivity index (χ2n) is 7.10. The number of hydrogen-bond donors (Lipinski definition) is 2. The van der Waals surface area contributed by atoms with Gasteiger partial charge in [0.15, 0.2) is 17.6 Å². The van der Waals surface area contributed by atoms with E-state index in [4.69, 9.17) is 0 Å². The van der Waals surface area contributed by atoms with Gasteiger partial charge in [0.05, 0.1) is 0 Å². The molecule has 2 N–H and O–H groups in total. The molecule has 1 aromatic heterocycles. The minimum Gasteiger partial charge on any atom is -0.353 e. The first-order valence-corrected chi connectivity index (χ1v) is 10.0. The van der Waals surface area contributed by atoms with Crippen LogP contribution in [0.4, 0.5) is 10.2 Å². The maximum Gasteiger partial charge on any atom is 0.191 e. The van der Waals surface area contributed by atoms with Gasteiger partial charge in [-0.05, 0) is 42.7 Å². The smallest absolute Gasteiger partial charge is 0.191 e. The van der Waals surface area contributed by atoms with Crippen molar-refractivity contribution in [3.8, 4) is 0 Å². The highest BCUT2D eigenvalue weighted by atomic mass is 79.9. The summed E-state index contributed by atoms with van der Waals surface area (Å²) in [6.45, 7) is 1.50. The van der Waals surface area contributed by atoms with Gasteiger partial charge >= 0.3 is 0 Å². The van der Waals surface area contributed by atoms with Crippen LogP contribution in [0.1, 0.15) is 24.3 Å². The molecule has 0 bridgehead atoms. The lowest BCUT2D eigenvalue weighted by molar-refractivity contribution is 0.612. The third-order valence-corrected chi connectivity index (χ3v) is 5.73. The lowest BCUT2D eigenvalue weighted by Gasteiger charge is -2.20. The van der Waals surface area contributed by atoms with Gasteiger partial charge in [-0.15, -0.1) is 0 Å². The number of benzene rings is 1. The quantitative estimate of drug-likeness (QED) is 0.575. The van der Waals surface area contributed by atoms with Crippen LogP contribution in [0, 0.1) is 5.82 Å². The molecule has 4 rings (SSSR count). The second-order valence-corrected chi connectivity index (χ2v) is 8.02. The van der Waals surface area contributed by atoms with Crippen LogP contribution in [-0.2, 0) is 0 Å². The number of rotatable bonds is 4. The van der Waals surface area contributed by atoms with Gasteiger partial charge in [-0.25, -0.2) is 9.37 Å². The Morgan fingerprint density at radius 2 is 2.07 bits per heavy atom. The SMILES string of the molecule is CN=C(NC1CCN(c2ncccc2F)C1)NC1CC1c1ccc(Br)cc1. The van der Waals surface area contributed by atoms with Gasteiger partial charge < -0.3 is 15.5 Å². The van der Waals surface area contributed by atoms with Gasteiger partial charge in [0.2, 0.25) is 0 Å². The molecule has 5 nitrogen and oxygen atoms in total. The largest absolute Gasteiger partial charge is 0.353 e. The summed E-state index contributed by atoms with van der Waals surface area (Å²) in [6.07, 6.45) is 3.67. The minimum absolute atomic E-state index is 0.225. The predicted octanol–water partition coefficient (Wildman–Crippen LogP) is 3.28. The summed E-state index contributed by atoms with van der Waals surface area (Å²) >= 11 is 3.48. The van der Waals surface area contributed by atoms with Crippen molar-refractivity contribution >= 4 is 27.7 Å². The van der Waals surface area contributed by atoms with Crippen molar-refractivity contribution in [1.82, 2.24) is 15.6 Å². The number of hydrogen-bond acceptors (Lipinski definition) is 3. The molecule has 1 saturated heterocycles. The molecule has 2 heterocycles. The number of halogens is 2. The number of nitrogens with one attached hydrogen (secondary N) is 2. The first-order valence-electron chi connectivity index (χ1n) is 9.25. The van der Waals surface area contributed by atoms with Crippen molar-refractivity contribution in [2.75, 3.05) is 25.0 Å². The van der Waals surface area contributed by atoms with Gasteiger partial charge in [-0.3, -0.25) is 4.99 Å². The summed E-state index contributed by atoms with van der Waals surface area (Å²) in [5.41, 5.74) is 1.35. The highest BCUT2D eigenvalue weighted by Gasteiger charge is 2.39. The molecule has 3 unspecified atom stereocenters. The number of guanidine groups is 1. The van der Waals surface area contributed by atoms with Crippen molar-refractivity contribution in [2.45, 2.75) is 30.8 Å². The highest BCUT2D eigenvalue weighted by molar-refractivity contribution is 9.10. The third kappa shape index (κ3) is 4.24. The Morgan fingerprint density at radius 3 is 2.81 bits per heavy atom. The third-order valence-electron chi connectivity index (χ3n) is 5.20. The molecule has 27 heavy (non-hydrogen) atoms. The lowest BCUT2D eigenvalue weighted by Crippen LogP contribution is -2.45. The number of nitrogens with zero attached hydrogens (tertiary/aromatic N) is 3. The first-order chi connectivity index (χ1) is 13.1. The summed E-state index contributed by atoms with van der Waals surface area (Å²) in [7, 11) is 1.79. The van der Waals surface area contributed by atoms with Gasteiger partial charge in [-0.1, -0.05) is 28.1 Å². The Labute approximate surface area is 167 Å². The predicted molar refractivity (Wildman–Crippen MR) is 110 cm³/mol. The monoisotopic (exact) mass is 431 g/mol. The van der Waals surface area contributed by atoms with Crippen LogP contribution in [0.25, 0.3) is 0 Å². The average molecular weight is 432 g/mol. The Balaban J connectivity index is 1.30. The Morgan fingerprint density at radius 1 is 1.26 bits per heavy atom. The maximum atomic E-state index is 13.9. The second kappa shape index (κ2) is 7.84. The molecule has 2 fully saturated rings. The average Bonchev–Trinajstić information content (AvgIpc) is 3.28. The summed E-state index contributed by atoms with van der Waals surface area (Å²) in [5, 5.41) is 6.99. The van der Waals surface area contributed by atoms with Crippen LogP contribution in [0.5, 0.6) is 0 Å². The summed E-state index contributed by atoms with van der Waals surface area (Å²) in [4.78, 5) is 10.5. The maximum absolute atomic E-state index is 13.9. The van der Waals surface area contributed by atoms with Crippen LogP contribution in [0.3, 0.4) is 0 Å². The molecule has 2 aliphatic rings. The Hall–Kier alpha value is -2.15. The first kappa shape index (κ1) is 18.2. The van der Waals surface area contributed by atoms with Crippen molar-refractivity contribution in [3.05, 3.63) is 58.4 Å². The molecule has 1 aliphatic heterocycles. The number of aliphatic imine (C=N–C) groups is 1. The Kier molecular flexibility index (Phi) is 5.29. The van der Waals surface area contributed by atoms with Gasteiger partial charge in [-0.2, -0.15) is 0 Å². The Bertz CT molecular complexity index is 825. The lowest BCUT2D eigenvalue weighted by atomic mass is 10.1. The molecule has 0 amide bonds. The van der Waals surface area contributed by atoms with E-state index >= 15 is 0 Å². The summed E-state index contributed by atoms with van der Waals surface area (Å²) < 4.78 is 15.0. The van der Waals surface area contributed by atoms with Crippen LogP contribution >= 0.6 is 15.9 Å². The molecule has 1 saturated carbocycles. The molecule has 7 heteroatoms. The fourth-order valence-corrected chi connectivity index (χ4v) is 3.92. The molecule has 1 aromatic carbocycles. The van der Waals surface area contributed by atoms with Gasteiger partial charge in [0.25, 0.3) is 0 Å². The standard InChI is InChI=1S/C20H23BrFN5/c1-23-20(26-18-11-16(18)13-4-6-14(21)7-5-13)25-15-8-10-27(12-15)19-17(22)3-2-9-24-19/h2-7,9,15-16,18H,8,10-12H2,1H3,(H2,23,25,26). The van der Waals surface area contributed by atoms with Gasteiger partial charge in [0.1, 0.15) is 0 Å². The van der Waals surface area contributed by atoms with E-state index in [1.54, 1.807) is 19.3 Å². The van der Waals surface area contributed by atoms with E-state index in [1.165, 1.54) is 11.6 Å². The number of aromatic nitrogens is 1. The van der Waals surface area contributed by atoms with E-state index in [-0.39, 0.29) is 11.9 Å². The van der Waals surface area contributed by atoms with E-state index < -0.39 is 0 Å². The van der Waals surface area contributed by atoms with Crippen molar-refractivity contribution in [3.63, 3.8) is 0 Å². The molecule has 1 aliphatic carbocycles. The highest BCUT2D eigenvalue weighted by Crippen LogP contribution is 2.41. The summed E-state index contributed by atoms with van der Waals surface area (Å²) in [5.74, 6) is 1.51. The fraction of sp³-hybridized carbons (Fsp3) is 0.400. The zero-order chi connectivity index (χ0) is 18.8. The number of pyridine rings is 1. The minimum atomic E-state index is -0.268. The van der Waals surface area contributed by atoms with Crippen LogP contribution in [0.2, 0.25) is 0 Å². The molecule has 0 spiro atoms. The molecule has 2 aromatic rings. The summed E-state index contributed by atoms with van der Waals surface area (Å²) in [6, 6.07) is 12.2. The van der Waals surface area contributed by atoms with Crippen LogP contribution in [0.15, 0.2) is 52.1 Å². The van der Waals surface area contributed by atoms with E-state index in [0.29, 0.717) is 17.8 Å². The molecule has 3 atom stereocenters. The molecule has 142 valence electrons. The van der Waals surface area contributed by atoms with Gasteiger partial charge in [0, 0.05) is 48.8 Å². The van der Waals surface area contributed by atoms with E-state index in [0.717, 1.165) is 36.4 Å². The zero-order valence-corrected chi connectivity index (χ0v) is 16.8. The number of anilines is 1. The van der Waals surface area contributed by atoms with Crippen LogP contribution < -0.4 is 15.5 Å². The van der Waals surface area contributed by atoms with Crippen molar-refractivity contribution in [1.29, 1.82) is 0 Å². The zero-order valence-electron chi connectivity index (χ0n) is 15.2. The van der Waals surface area contributed by atoms with E-state index in [2.05, 4.69) is 60.8 Å². The normalized spacial score (nSPS) is 24.8. The molecular formula is C20H23BrFN5. The van der Waals surface area contributed by atoms with Crippen LogP contribution in [-0.4, -0.2) is 43.2 Å². The molecular weight excluding hydrogens is 409 g/mol.